The minimum Gasteiger partial charge on any atom is -0.497 e. The number of fused-ring (bicyclic) bond motifs is 1. The molecule has 2 saturated heterocycles. The van der Waals surface area contributed by atoms with Crippen LogP contribution in [0.2, 0.25) is 0 Å². The van der Waals surface area contributed by atoms with Crippen molar-refractivity contribution in [2.24, 2.45) is 11.8 Å². The molecule has 1 aliphatic carbocycles. The molecule has 2 aromatic carbocycles. The van der Waals surface area contributed by atoms with Gasteiger partial charge in [-0.05, 0) is 54.8 Å². The Balaban J connectivity index is 1.31. The molecule has 3 heterocycles. The molecule has 2 bridgehead atoms. The van der Waals surface area contributed by atoms with Crippen LogP contribution in [0.25, 0.3) is 0 Å². The Morgan fingerprint density at radius 2 is 1.75 bits per heavy atom. The van der Waals surface area contributed by atoms with Crippen LogP contribution in [-0.2, 0) is 25.7 Å². The highest BCUT2D eigenvalue weighted by Gasteiger charge is 2.72. The molecule has 1 saturated carbocycles. The van der Waals surface area contributed by atoms with E-state index in [0.717, 1.165) is 31.2 Å². The minimum absolute atomic E-state index is 0.0715. The van der Waals surface area contributed by atoms with Crippen molar-refractivity contribution in [3.05, 3.63) is 66.2 Å². The number of carbonyl (C=O) groups excluding carboxylic acids is 3. The van der Waals surface area contributed by atoms with Gasteiger partial charge in [-0.2, -0.15) is 0 Å². The summed E-state index contributed by atoms with van der Waals surface area (Å²) in [6, 6.07) is 13.7. The number of ether oxygens (including phenoxy) is 3. The number of benzene rings is 2. The summed E-state index contributed by atoms with van der Waals surface area (Å²) in [7, 11) is 3.17. The van der Waals surface area contributed by atoms with E-state index in [2.05, 4.69) is 10.6 Å². The molecule has 9 nitrogen and oxygen atoms in total. The molecule has 3 aliphatic heterocycles. The number of carbonyl (C=O) groups is 3. The standard InChI is InChI=1S/C31H35N3O6/c1-38-22-13-11-21(12-14-22)32-28(35)25-24-15-16-31(40-24)26(25)30(37)34(18-19-7-6-10-23(17-19)39-2)27(31)29(36)33-20-8-4-3-5-9-20/h6-7,10-17,20,24-27H,3-5,8-9,18H2,1-2H3,(H,32,35)(H,33,36). The summed E-state index contributed by atoms with van der Waals surface area (Å²) in [6.45, 7) is 0.200. The zero-order chi connectivity index (χ0) is 27.9. The van der Waals surface area contributed by atoms with Crippen LogP contribution in [0.4, 0.5) is 5.69 Å². The van der Waals surface area contributed by atoms with Crippen molar-refractivity contribution in [2.75, 3.05) is 19.5 Å². The van der Waals surface area contributed by atoms with Crippen LogP contribution >= 0.6 is 0 Å². The van der Waals surface area contributed by atoms with Crippen molar-refractivity contribution in [1.82, 2.24) is 10.2 Å². The Bertz CT molecular complexity index is 1320. The van der Waals surface area contributed by atoms with Gasteiger partial charge in [-0.15, -0.1) is 0 Å². The van der Waals surface area contributed by atoms with Crippen molar-refractivity contribution in [2.45, 2.75) is 62.4 Å². The zero-order valence-electron chi connectivity index (χ0n) is 22.8. The third-order valence-corrected chi connectivity index (χ3v) is 8.72. The lowest BCUT2D eigenvalue weighted by molar-refractivity contribution is -0.142. The quantitative estimate of drug-likeness (QED) is 0.493. The Labute approximate surface area is 233 Å². The molecule has 0 aromatic heterocycles. The highest BCUT2D eigenvalue weighted by Crippen LogP contribution is 2.55. The van der Waals surface area contributed by atoms with Crippen molar-refractivity contribution in [3.8, 4) is 11.5 Å². The molecule has 0 radical (unpaired) electrons. The zero-order valence-corrected chi connectivity index (χ0v) is 22.8. The van der Waals surface area contributed by atoms with E-state index in [1.165, 1.54) is 6.42 Å². The predicted octanol–water partition coefficient (Wildman–Crippen LogP) is 3.44. The molecule has 3 fully saturated rings. The van der Waals surface area contributed by atoms with E-state index in [1.54, 1.807) is 43.4 Å². The average Bonchev–Trinajstić information content (AvgIpc) is 3.61. The first-order valence-corrected chi connectivity index (χ1v) is 14.0. The summed E-state index contributed by atoms with van der Waals surface area (Å²) in [4.78, 5) is 43.4. The van der Waals surface area contributed by atoms with Gasteiger partial charge in [0, 0.05) is 18.3 Å². The van der Waals surface area contributed by atoms with Crippen LogP contribution in [0.5, 0.6) is 11.5 Å². The van der Waals surface area contributed by atoms with E-state index in [-0.39, 0.29) is 30.3 Å². The van der Waals surface area contributed by atoms with Gasteiger partial charge in [0.05, 0.1) is 32.2 Å². The number of nitrogens with zero attached hydrogens (tertiary/aromatic N) is 1. The summed E-state index contributed by atoms with van der Waals surface area (Å²) in [6.07, 6.45) is 8.24. The number of hydrogen-bond donors (Lipinski definition) is 2. The fraction of sp³-hybridized carbons (Fsp3) is 0.452. The van der Waals surface area contributed by atoms with Crippen LogP contribution in [0.15, 0.2) is 60.7 Å². The van der Waals surface area contributed by atoms with Gasteiger partial charge in [0.25, 0.3) is 0 Å². The van der Waals surface area contributed by atoms with Crippen LogP contribution < -0.4 is 20.1 Å². The number of amides is 3. The van der Waals surface area contributed by atoms with Gasteiger partial charge >= 0.3 is 0 Å². The third kappa shape index (κ3) is 4.52. The predicted molar refractivity (Wildman–Crippen MR) is 148 cm³/mol. The van der Waals surface area contributed by atoms with Crippen LogP contribution in [-0.4, -0.2) is 60.6 Å². The normalized spacial score (nSPS) is 28.9. The summed E-state index contributed by atoms with van der Waals surface area (Å²) < 4.78 is 17.1. The van der Waals surface area contributed by atoms with E-state index in [0.29, 0.717) is 17.2 Å². The maximum absolute atomic E-state index is 14.2. The van der Waals surface area contributed by atoms with Crippen LogP contribution in [0.3, 0.4) is 0 Å². The Kier molecular flexibility index (Phi) is 7.00. The van der Waals surface area contributed by atoms with E-state index >= 15 is 0 Å². The van der Waals surface area contributed by atoms with Crippen molar-refractivity contribution >= 4 is 23.4 Å². The summed E-state index contributed by atoms with van der Waals surface area (Å²) in [5.74, 6) is -1.03. The summed E-state index contributed by atoms with van der Waals surface area (Å²) in [5.41, 5.74) is 0.218. The smallest absolute Gasteiger partial charge is 0.246 e. The number of likely N-dealkylation sites (tertiary alicyclic amines) is 1. The van der Waals surface area contributed by atoms with E-state index < -0.39 is 29.6 Å². The van der Waals surface area contributed by atoms with E-state index in [4.69, 9.17) is 14.2 Å². The summed E-state index contributed by atoms with van der Waals surface area (Å²) >= 11 is 0. The van der Waals surface area contributed by atoms with Crippen LogP contribution in [0, 0.1) is 11.8 Å². The molecular weight excluding hydrogens is 510 g/mol. The van der Waals surface area contributed by atoms with Gasteiger partial charge in [0.1, 0.15) is 23.1 Å². The molecule has 2 N–H and O–H groups in total. The fourth-order valence-corrected chi connectivity index (χ4v) is 6.83. The Morgan fingerprint density at radius 3 is 2.48 bits per heavy atom. The second kappa shape index (κ2) is 10.6. The first-order valence-electron chi connectivity index (χ1n) is 14.0. The van der Waals surface area contributed by atoms with Gasteiger partial charge < -0.3 is 29.7 Å². The second-order valence-electron chi connectivity index (χ2n) is 11.1. The largest absolute Gasteiger partial charge is 0.497 e. The number of anilines is 1. The Hall–Kier alpha value is -3.85. The fourth-order valence-electron chi connectivity index (χ4n) is 6.83. The number of nitrogens with one attached hydrogen (secondary N) is 2. The topological polar surface area (TPSA) is 106 Å². The SMILES string of the molecule is COc1ccc(NC(=O)C2C3C=CC4(O3)C2C(=O)N(Cc2cccc(OC)c2)C4C(=O)NC2CCCCC2)cc1. The minimum atomic E-state index is -1.21. The highest BCUT2D eigenvalue weighted by atomic mass is 16.5. The Morgan fingerprint density at radius 1 is 1.00 bits per heavy atom. The van der Waals surface area contributed by atoms with Gasteiger partial charge in [0.2, 0.25) is 17.7 Å². The molecule has 40 heavy (non-hydrogen) atoms. The average molecular weight is 546 g/mol. The summed E-state index contributed by atoms with van der Waals surface area (Å²) in [5, 5.41) is 6.16. The van der Waals surface area contributed by atoms with Crippen molar-refractivity contribution in [3.63, 3.8) is 0 Å². The van der Waals surface area contributed by atoms with E-state index in [9.17, 15) is 14.4 Å². The molecule has 6 rings (SSSR count). The number of methoxy groups -OCH3 is 2. The van der Waals surface area contributed by atoms with Crippen LogP contribution in [0.1, 0.15) is 37.7 Å². The number of rotatable bonds is 8. The molecule has 5 atom stereocenters. The molecule has 2 aromatic rings. The highest BCUT2D eigenvalue weighted by molar-refractivity contribution is 6.02. The first-order chi connectivity index (χ1) is 19.4. The second-order valence-corrected chi connectivity index (χ2v) is 11.1. The lowest BCUT2D eigenvalue weighted by Crippen LogP contribution is -2.56. The lowest BCUT2D eigenvalue weighted by atomic mass is 9.74. The van der Waals surface area contributed by atoms with Gasteiger partial charge in [0.15, 0.2) is 0 Å². The van der Waals surface area contributed by atoms with Crippen molar-refractivity contribution < 1.29 is 28.6 Å². The first kappa shape index (κ1) is 26.4. The van der Waals surface area contributed by atoms with Crippen molar-refractivity contribution in [1.29, 1.82) is 0 Å². The monoisotopic (exact) mass is 545 g/mol. The van der Waals surface area contributed by atoms with Gasteiger partial charge in [-0.1, -0.05) is 43.5 Å². The molecule has 5 unspecified atom stereocenters. The maximum Gasteiger partial charge on any atom is 0.246 e. The van der Waals surface area contributed by atoms with Gasteiger partial charge in [-0.25, -0.2) is 0 Å². The van der Waals surface area contributed by atoms with E-state index in [1.807, 2.05) is 36.4 Å². The molecular formula is C31H35N3O6. The number of hydrogen-bond acceptors (Lipinski definition) is 6. The molecule has 3 amide bonds. The third-order valence-electron chi connectivity index (χ3n) is 8.72. The molecule has 4 aliphatic rings. The molecule has 210 valence electrons. The van der Waals surface area contributed by atoms with Gasteiger partial charge in [-0.3, -0.25) is 14.4 Å². The maximum atomic E-state index is 14.2. The molecule has 1 spiro atoms. The lowest BCUT2D eigenvalue weighted by Gasteiger charge is -2.34. The molecule has 9 heteroatoms.